The van der Waals surface area contributed by atoms with Crippen molar-refractivity contribution in [3.8, 4) is 34.1 Å². The highest BCUT2D eigenvalue weighted by atomic mass is 79.9. The number of hydrogen-bond acceptors (Lipinski definition) is 7. The van der Waals surface area contributed by atoms with E-state index in [1.54, 1.807) is 20.0 Å². The van der Waals surface area contributed by atoms with Crippen molar-refractivity contribution in [3.05, 3.63) is 58.4 Å². The molecule has 0 saturated heterocycles. The second-order valence-corrected chi connectivity index (χ2v) is 9.13. The van der Waals surface area contributed by atoms with Crippen LogP contribution in [0.1, 0.15) is 25.3 Å². The van der Waals surface area contributed by atoms with Crippen LogP contribution in [0.2, 0.25) is 0 Å². The van der Waals surface area contributed by atoms with Crippen LogP contribution in [0.15, 0.2) is 51.4 Å². The summed E-state index contributed by atoms with van der Waals surface area (Å²) in [6.45, 7) is 4.75. The minimum atomic E-state index is -3.72. The molecule has 4 rings (SSSR count). The third-order valence-corrected chi connectivity index (χ3v) is 5.64. The molecule has 0 saturated carbocycles. The summed E-state index contributed by atoms with van der Waals surface area (Å²) >= 11 is 3.48. The molecule has 0 amide bonds. The second kappa shape index (κ2) is 8.52. The van der Waals surface area contributed by atoms with Gasteiger partial charge < -0.3 is 29.7 Å². The maximum atomic E-state index is 13.5. The molecule has 0 spiro atoms. The minimum Gasteiger partial charge on any atom is -0.440 e. The molecule has 10 heteroatoms. The Morgan fingerprint density at radius 3 is 2.56 bits per heavy atom. The Hall–Kier alpha value is -3.24. The molecule has 0 radical (unpaired) electrons. The standard InChI is InChI=1S/C24H22BrF2N3O4/c1-12-30-21(13-5-8-18-19(9-13)34-24(26,27)33-18)22(32-12)16-10-14(25)6-7-15(16)17(29-4)11-20(28)23(2,3)31/h5-11,28-29,31H,1-4H3/b17-11-,28-20?. The third-order valence-electron chi connectivity index (χ3n) is 5.14. The number of aliphatic hydroxyl groups is 1. The molecule has 3 N–H and O–H groups in total. The largest absolute Gasteiger partial charge is 0.586 e. The number of benzene rings is 2. The molecule has 0 fully saturated rings. The van der Waals surface area contributed by atoms with E-state index in [2.05, 4.69) is 35.7 Å². The molecule has 1 aliphatic rings. The van der Waals surface area contributed by atoms with Crippen molar-refractivity contribution < 1.29 is 27.8 Å². The summed E-state index contributed by atoms with van der Waals surface area (Å²) < 4.78 is 42.8. The van der Waals surface area contributed by atoms with Crippen LogP contribution >= 0.6 is 15.9 Å². The number of ether oxygens (including phenoxy) is 2. The Kier molecular flexibility index (Phi) is 5.99. The van der Waals surface area contributed by atoms with E-state index in [4.69, 9.17) is 9.83 Å². The SMILES string of the molecule is CN/C(=C\C(=N)C(C)(C)O)c1ccc(Br)cc1-c1oc(C)nc1-c1ccc2c(c1)OC(F)(F)O2. The van der Waals surface area contributed by atoms with Gasteiger partial charge in [0.15, 0.2) is 23.1 Å². The van der Waals surface area contributed by atoms with Gasteiger partial charge in [0.25, 0.3) is 0 Å². The summed E-state index contributed by atoms with van der Waals surface area (Å²) in [5.74, 6) is 0.607. The number of oxazole rings is 1. The zero-order valence-electron chi connectivity index (χ0n) is 18.8. The van der Waals surface area contributed by atoms with Crippen molar-refractivity contribution in [3.63, 3.8) is 0 Å². The summed E-state index contributed by atoms with van der Waals surface area (Å²) in [5, 5.41) is 21.5. The van der Waals surface area contributed by atoms with Gasteiger partial charge in [0, 0.05) is 40.8 Å². The molecule has 34 heavy (non-hydrogen) atoms. The monoisotopic (exact) mass is 533 g/mol. The summed E-state index contributed by atoms with van der Waals surface area (Å²) in [4.78, 5) is 4.49. The summed E-state index contributed by atoms with van der Waals surface area (Å²) in [6, 6.07) is 9.92. The lowest BCUT2D eigenvalue weighted by Crippen LogP contribution is -2.29. The van der Waals surface area contributed by atoms with E-state index in [1.807, 2.05) is 18.2 Å². The molecule has 0 unspecified atom stereocenters. The van der Waals surface area contributed by atoms with E-state index in [-0.39, 0.29) is 17.2 Å². The number of nitrogens with zero attached hydrogens (tertiary/aromatic N) is 1. The highest BCUT2D eigenvalue weighted by molar-refractivity contribution is 9.10. The summed E-state index contributed by atoms with van der Waals surface area (Å²) in [6.07, 6.45) is -2.18. The lowest BCUT2D eigenvalue weighted by Gasteiger charge is -2.18. The highest BCUT2D eigenvalue weighted by Crippen LogP contribution is 2.45. The Labute approximate surface area is 203 Å². The predicted octanol–water partition coefficient (Wildman–Crippen LogP) is 5.75. The van der Waals surface area contributed by atoms with Gasteiger partial charge in [0.1, 0.15) is 11.3 Å². The minimum absolute atomic E-state index is 0.0105. The van der Waals surface area contributed by atoms with Crippen molar-refractivity contribution in [2.24, 2.45) is 0 Å². The normalized spacial score (nSPS) is 14.9. The number of alkyl halides is 2. The number of nitrogens with one attached hydrogen (secondary N) is 2. The Balaban J connectivity index is 1.86. The predicted molar refractivity (Wildman–Crippen MR) is 127 cm³/mol. The fourth-order valence-corrected chi connectivity index (χ4v) is 3.81. The quantitative estimate of drug-likeness (QED) is 0.348. The van der Waals surface area contributed by atoms with E-state index in [9.17, 15) is 13.9 Å². The van der Waals surface area contributed by atoms with Crippen LogP contribution in [-0.4, -0.2) is 34.7 Å². The van der Waals surface area contributed by atoms with Crippen LogP contribution in [0.3, 0.4) is 0 Å². The Bertz CT molecular complexity index is 1310. The third kappa shape index (κ3) is 4.69. The van der Waals surface area contributed by atoms with Crippen LogP contribution < -0.4 is 14.8 Å². The van der Waals surface area contributed by atoms with Crippen LogP contribution in [-0.2, 0) is 0 Å². The Morgan fingerprint density at radius 1 is 1.18 bits per heavy atom. The van der Waals surface area contributed by atoms with E-state index in [0.29, 0.717) is 39.7 Å². The first kappa shape index (κ1) is 23.9. The van der Waals surface area contributed by atoms with Gasteiger partial charge in [-0.2, -0.15) is 0 Å². The number of hydrogen-bond donors (Lipinski definition) is 3. The van der Waals surface area contributed by atoms with Crippen molar-refractivity contribution >= 4 is 27.3 Å². The molecule has 0 aliphatic carbocycles. The Morgan fingerprint density at radius 2 is 1.88 bits per heavy atom. The van der Waals surface area contributed by atoms with Crippen molar-refractivity contribution in [2.45, 2.75) is 32.7 Å². The first-order valence-corrected chi connectivity index (χ1v) is 11.1. The van der Waals surface area contributed by atoms with Gasteiger partial charge in [0.2, 0.25) is 0 Å². The van der Waals surface area contributed by atoms with Gasteiger partial charge >= 0.3 is 6.29 Å². The lowest BCUT2D eigenvalue weighted by atomic mass is 9.96. The van der Waals surface area contributed by atoms with Crippen LogP contribution in [0.5, 0.6) is 11.5 Å². The molecule has 2 heterocycles. The maximum absolute atomic E-state index is 13.5. The zero-order chi connectivity index (χ0) is 24.8. The van der Waals surface area contributed by atoms with Crippen molar-refractivity contribution in [2.75, 3.05) is 7.05 Å². The molecule has 0 bridgehead atoms. The molecule has 0 atom stereocenters. The van der Waals surface area contributed by atoms with Crippen molar-refractivity contribution in [1.82, 2.24) is 10.3 Å². The van der Waals surface area contributed by atoms with Gasteiger partial charge in [0.05, 0.1) is 5.71 Å². The summed E-state index contributed by atoms with van der Waals surface area (Å²) in [7, 11) is 1.71. The highest BCUT2D eigenvalue weighted by Gasteiger charge is 2.43. The van der Waals surface area contributed by atoms with Gasteiger partial charge in [-0.05, 0) is 50.3 Å². The van der Waals surface area contributed by atoms with Crippen molar-refractivity contribution in [1.29, 1.82) is 5.41 Å². The first-order chi connectivity index (χ1) is 15.9. The number of halogens is 3. The topological polar surface area (TPSA) is 101 Å². The van der Waals surface area contributed by atoms with Gasteiger partial charge in [-0.15, -0.1) is 8.78 Å². The average molecular weight is 534 g/mol. The molecular weight excluding hydrogens is 512 g/mol. The zero-order valence-corrected chi connectivity index (χ0v) is 20.4. The number of aryl methyl sites for hydroxylation is 1. The van der Waals surface area contributed by atoms with Crippen LogP contribution in [0.25, 0.3) is 28.3 Å². The lowest BCUT2D eigenvalue weighted by molar-refractivity contribution is -0.286. The molecule has 3 aromatic rings. The molecule has 1 aliphatic heterocycles. The molecule has 1 aromatic heterocycles. The summed E-state index contributed by atoms with van der Waals surface area (Å²) in [5.41, 5.74) is 1.49. The first-order valence-electron chi connectivity index (χ1n) is 10.3. The fraction of sp³-hybridized carbons (Fsp3) is 0.250. The van der Waals surface area contributed by atoms with Gasteiger partial charge in [-0.1, -0.05) is 22.0 Å². The van der Waals surface area contributed by atoms with E-state index in [1.165, 1.54) is 32.1 Å². The van der Waals surface area contributed by atoms with Gasteiger partial charge in [-0.3, -0.25) is 0 Å². The molecule has 2 aromatic carbocycles. The second-order valence-electron chi connectivity index (χ2n) is 8.21. The van der Waals surface area contributed by atoms with E-state index < -0.39 is 11.9 Å². The maximum Gasteiger partial charge on any atom is 0.586 e. The molecule has 178 valence electrons. The van der Waals surface area contributed by atoms with E-state index >= 15 is 0 Å². The number of rotatable bonds is 6. The number of fused-ring (bicyclic) bond motifs is 1. The van der Waals surface area contributed by atoms with Crippen LogP contribution in [0.4, 0.5) is 8.78 Å². The van der Waals surface area contributed by atoms with Crippen LogP contribution in [0, 0.1) is 12.3 Å². The van der Waals surface area contributed by atoms with Gasteiger partial charge in [-0.25, -0.2) is 4.98 Å². The average Bonchev–Trinajstić information content (AvgIpc) is 3.28. The molecular formula is C24H22BrF2N3O4. The fourth-order valence-electron chi connectivity index (χ4n) is 3.45. The molecule has 7 nitrogen and oxygen atoms in total. The number of aromatic nitrogens is 1. The van der Waals surface area contributed by atoms with E-state index in [0.717, 1.165) is 4.47 Å². The smallest absolute Gasteiger partial charge is 0.440 e.